The molecule has 0 aliphatic heterocycles. The molecular formula is C21H12F3N3O2. The number of halogens is 3. The maximum Gasteiger partial charge on any atom is 0.417 e. The summed E-state index contributed by atoms with van der Waals surface area (Å²) in [6.45, 7) is 0. The minimum Gasteiger partial charge on any atom is -0.504 e. The van der Waals surface area contributed by atoms with Crippen LogP contribution in [-0.4, -0.2) is 14.7 Å². The molecule has 5 nitrogen and oxygen atoms in total. The Hall–Kier alpha value is -3.99. The zero-order valence-electron chi connectivity index (χ0n) is 14.7. The standard InChI is InChI=1S/C21H12F3N3O2/c22-21(23,24)16-4-2-1-3-14(16)12-5-7-13(8-6-12)27-10-9-17-18(27)19(28)15(11-25)20(29)26-17/h1-10H,(H2,26,28,29). The molecule has 4 aromatic rings. The van der Waals surface area contributed by atoms with E-state index in [1.807, 2.05) is 0 Å². The Morgan fingerprint density at radius 3 is 2.38 bits per heavy atom. The minimum atomic E-state index is -4.47. The lowest BCUT2D eigenvalue weighted by Crippen LogP contribution is -2.10. The van der Waals surface area contributed by atoms with E-state index in [0.717, 1.165) is 6.07 Å². The average Bonchev–Trinajstić information content (AvgIpc) is 3.12. The van der Waals surface area contributed by atoms with E-state index in [0.29, 0.717) is 16.8 Å². The summed E-state index contributed by atoms with van der Waals surface area (Å²) in [5.41, 5.74) is -0.297. The Bertz CT molecular complexity index is 1330. The van der Waals surface area contributed by atoms with Crippen molar-refractivity contribution in [2.75, 3.05) is 0 Å². The van der Waals surface area contributed by atoms with Crippen LogP contribution < -0.4 is 5.56 Å². The second-order valence-electron chi connectivity index (χ2n) is 6.33. The number of hydrogen-bond donors (Lipinski definition) is 2. The SMILES string of the molecule is N#Cc1c(O)c2c(ccn2-c2ccc(-c3ccccc3C(F)(F)F)cc2)[nH]c1=O. The second-order valence-corrected chi connectivity index (χ2v) is 6.33. The summed E-state index contributed by atoms with van der Waals surface area (Å²) in [4.78, 5) is 14.3. The normalized spacial score (nSPS) is 11.5. The highest BCUT2D eigenvalue weighted by molar-refractivity contribution is 5.86. The minimum absolute atomic E-state index is 0.0582. The van der Waals surface area contributed by atoms with Crippen molar-refractivity contribution in [3.63, 3.8) is 0 Å². The molecule has 0 atom stereocenters. The van der Waals surface area contributed by atoms with Crippen LogP contribution in [0.4, 0.5) is 13.2 Å². The van der Waals surface area contributed by atoms with Crippen molar-refractivity contribution in [1.82, 2.24) is 9.55 Å². The van der Waals surface area contributed by atoms with Gasteiger partial charge in [0, 0.05) is 11.9 Å². The van der Waals surface area contributed by atoms with E-state index in [2.05, 4.69) is 4.98 Å². The fourth-order valence-electron chi connectivity index (χ4n) is 3.29. The summed E-state index contributed by atoms with van der Waals surface area (Å²) in [5.74, 6) is -0.456. The maximum absolute atomic E-state index is 13.3. The van der Waals surface area contributed by atoms with Crippen molar-refractivity contribution >= 4 is 11.0 Å². The molecule has 0 bridgehead atoms. The van der Waals surface area contributed by atoms with Gasteiger partial charge in [0.25, 0.3) is 5.56 Å². The van der Waals surface area contributed by atoms with Gasteiger partial charge in [0.1, 0.15) is 11.6 Å². The number of H-pyrrole nitrogens is 1. The smallest absolute Gasteiger partial charge is 0.417 e. The first-order chi connectivity index (χ1) is 13.8. The first kappa shape index (κ1) is 18.4. The maximum atomic E-state index is 13.3. The lowest BCUT2D eigenvalue weighted by molar-refractivity contribution is -0.137. The van der Waals surface area contributed by atoms with Crippen molar-refractivity contribution in [1.29, 1.82) is 5.26 Å². The average molecular weight is 395 g/mol. The van der Waals surface area contributed by atoms with E-state index in [4.69, 9.17) is 5.26 Å². The predicted octanol–water partition coefficient (Wildman–Crippen LogP) is 4.58. The van der Waals surface area contributed by atoms with Crippen LogP contribution in [0, 0.1) is 11.3 Å². The number of nitrogens with one attached hydrogen (secondary N) is 1. The molecule has 0 fully saturated rings. The van der Waals surface area contributed by atoms with Crippen LogP contribution in [0.25, 0.3) is 27.8 Å². The summed E-state index contributed by atoms with van der Waals surface area (Å²) in [5, 5.41) is 19.4. The van der Waals surface area contributed by atoms with E-state index < -0.39 is 28.6 Å². The van der Waals surface area contributed by atoms with Gasteiger partial charge < -0.3 is 14.7 Å². The van der Waals surface area contributed by atoms with Gasteiger partial charge in [0.2, 0.25) is 0 Å². The zero-order chi connectivity index (χ0) is 20.8. The van der Waals surface area contributed by atoms with Gasteiger partial charge in [-0.15, -0.1) is 0 Å². The number of aromatic hydroxyl groups is 1. The molecule has 0 amide bonds. The first-order valence-electron chi connectivity index (χ1n) is 8.44. The molecule has 0 aliphatic carbocycles. The number of benzene rings is 2. The fourth-order valence-corrected chi connectivity index (χ4v) is 3.29. The number of rotatable bonds is 2. The summed E-state index contributed by atoms with van der Waals surface area (Å²) >= 11 is 0. The quantitative estimate of drug-likeness (QED) is 0.521. The predicted molar refractivity (Wildman–Crippen MR) is 101 cm³/mol. The molecule has 0 aliphatic rings. The van der Waals surface area contributed by atoms with Crippen LogP contribution in [0.5, 0.6) is 5.75 Å². The molecule has 2 N–H and O–H groups in total. The van der Waals surface area contributed by atoms with Crippen molar-refractivity contribution < 1.29 is 18.3 Å². The van der Waals surface area contributed by atoms with Gasteiger partial charge in [-0.25, -0.2) is 0 Å². The molecule has 0 unspecified atom stereocenters. The molecule has 0 radical (unpaired) electrons. The number of pyridine rings is 1. The van der Waals surface area contributed by atoms with Gasteiger partial charge in [-0.3, -0.25) is 4.79 Å². The molecule has 8 heteroatoms. The number of aromatic nitrogens is 2. The molecule has 0 saturated heterocycles. The van der Waals surface area contributed by atoms with Crippen LogP contribution in [-0.2, 0) is 6.18 Å². The van der Waals surface area contributed by atoms with Gasteiger partial charge in [-0.2, -0.15) is 18.4 Å². The highest BCUT2D eigenvalue weighted by atomic mass is 19.4. The Balaban J connectivity index is 1.83. The third-order valence-electron chi connectivity index (χ3n) is 4.62. The van der Waals surface area contributed by atoms with Crippen molar-refractivity contribution in [3.8, 4) is 28.6 Å². The number of nitrogens with zero attached hydrogens (tertiary/aromatic N) is 2. The van der Waals surface area contributed by atoms with E-state index in [1.165, 1.54) is 18.2 Å². The van der Waals surface area contributed by atoms with Gasteiger partial charge >= 0.3 is 6.18 Å². The highest BCUT2D eigenvalue weighted by Crippen LogP contribution is 2.37. The second kappa shape index (κ2) is 6.56. The first-order valence-corrected chi connectivity index (χ1v) is 8.44. The summed E-state index contributed by atoms with van der Waals surface area (Å²) < 4.78 is 41.4. The van der Waals surface area contributed by atoms with Crippen LogP contribution in [0.1, 0.15) is 11.1 Å². The molecular weight excluding hydrogens is 383 g/mol. The van der Waals surface area contributed by atoms with Gasteiger partial charge in [-0.05, 0) is 35.4 Å². The topological polar surface area (TPSA) is 81.8 Å². The molecule has 2 aromatic heterocycles. The molecule has 2 heterocycles. The van der Waals surface area contributed by atoms with Crippen molar-refractivity contribution in [2.45, 2.75) is 6.18 Å². The third-order valence-corrected chi connectivity index (χ3v) is 4.62. The Morgan fingerprint density at radius 2 is 1.72 bits per heavy atom. The van der Waals surface area contributed by atoms with Gasteiger partial charge in [-0.1, -0.05) is 30.3 Å². The number of fused-ring (bicyclic) bond motifs is 1. The highest BCUT2D eigenvalue weighted by Gasteiger charge is 2.33. The van der Waals surface area contributed by atoms with Crippen molar-refractivity contribution in [2.24, 2.45) is 0 Å². The Labute approximate surface area is 161 Å². The molecule has 0 spiro atoms. The number of alkyl halides is 3. The molecule has 0 saturated carbocycles. The Morgan fingerprint density at radius 1 is 1.03 bits per heavy atom. The fraction of sp³-hybridized carbons (Fsp3) is 0.0476. The Kier molecular flexibility index (Phi) is 4.16. The largest absolute Gasteiger partial charge is 0.504 e. The number of nitriles is 1. The monoisotopic (exact) mass is 395 g/mol. The molecule has 144 valence electrons. The third kappa shape index (κ3) is 3.02. The van der Waals surface area contributed by atoms with Crippen molar-refractivity contribution in [3.05, 3.63) is 82.3 Å². The molecule has 29 heavy (non-hydrogen) atoms. The van der Waals surface area contributed by atoms with Crippen LogP contribution in [0.15, 0.2) is 65.6 Å². The van der Waals surface area contributed by atoms with E-state index >= 15 is 0 Å². The molecule has 4 rings (SSSR count). The lowest BCUT2D eigenvalue weighted by atomic mass is 9.99. The van der Waals surface area contributed by atoms with Gasteiger partial charge in [0.05, 0.1) is 11.1 Å². The zero-order valence-corrected chi connectivity index (χ0v) is 14.7. The number of aromatic amines is 1. The van der Waals surface area contributed by atoms with E-state index in [1.54, 1.807) is 47.2 Å². The molecule has 2 aromatic carbocycles. The number of hydrogen-bond acceptors (Lipinski definition) is 3. The summed E-state index contributed by atoms with van der Waals surface area (Å²) in [7, 11) is 0. The van der Waals surface area contributed by atoms with Crippen LogP contribution in [0.3, 0.4) is 0 Å². The van der Waals surface area contributed by atoms with Crippen LogP contribution >= 0.6 is 0 Å². The van der Waals surface area contributed by atoms with Crippen LogP contribution in [0.2, 0.25) is 0 Å². The summed E-state index contributed by atoms with van der Waals surface area (Å²) in [6, 6.07) is 14.8. The van der Waals surface area contributed by atoms with E-state index in [-0.39, 0.29) is 11.1 Å². The van der Waals surface area contributed by atoms with Gasteiger partial charge in [0.15, 0.2) is 11.3 Å². The summed E-state index contributed by atoms with van der Waals surface area (Å²) in [6.07, 6.45) is -2.89. The lowest BCUT2D eigenvalue weighted by Gasteiger charge is -2.13. The van der Waals surface area contributed by atoms with E-state index in [9.17, 15) is 23.1 Å².